The van der Waals surface area contributed by atoms with Gasteiger partial charge >= 0.3 is 0 Å². The standard InChI is InChI=1S/C19H22BrNO3S/c1-4-21(18-8-6-5-7-14(18)2)19(22)15(3)13-25(23,24)17-11-9-16(20)10-12-17/h5-12,15H,4,13H2,1-3H3/t15-/m0/s1. The first-order valence-electron chi connectivity index (χ1n) is 8.11. The van der Waals surface area contributed by atoms with Crippen LogP contribution in [0.15, 0.2) is 57.9 Å². The third-order valence-corrected chi connectivity index (χ3v) is 6.51. The first kappa shape index (κ1) is 19.7. The summed E-state index contributed by atoms with van der Waals surface area (Å²) >= 11 is 3.29. The highest BCUT2D eigenvalue weighted by atomic mass is 79.9. The fourth-order valence-corrected chi connectivity index (χ4v) is 4.52. The molecular weight excluding hydrogens is 402 g/mol. The number of carbonyl (C=O) groups is 1. The smallest absolute Gasteiger partial charge is 0.230 e. The summed E-state index contributed by atoms with van der Waals surface area (Å²) in [6.07, 6.45) is 0. The molecule has 0 saturated heterocycles. The van der Waals surface area contributed by atoms with E-state index in [9.17, 15) is 13.2 Å². The number of amides is 1. The molecule has 0 N–H and O–H groups in total. The van der Waals surface area contributed by atoms with Crippen LogP contribution < -0.4 is 4.90 Å². The van der Waals surface area contributed by atoms with Crippen LogP contribution in [0.25, 0.3) is 0 Å². The molecule has 2 aromatic rings. The zero-order chi connectivity index (χ0) is 18.6. The molecule has 134 valence electrons. The van der Waals surface area contributed by atoms with Crippen LogP contribution in [0.2, 0.25) is 0 Å². The maximum Gasteiger partial charge on any atom is 0.230 e. The van der Waals surface area contributed by atoms with Gasteiger partial charge in [-0.2, -0.15) is 0 Å². The fourth-order valence-electron chi connectivity index (χ4n) is 2.72. The van der Waals surface area contributed by atoms with E-state index in [-0.39, 0.29) is 16.6 Å². The van der Waals surface area contributed by atoms with Crippen LogP contribution in [0.3, 0.4) is 0 Å². The van der Waals surface area contributed by atoms with Crippen molar-refractivity contribution in [2.75, 3.05) is 17.2 Å². The number of aryl methyl sites for hydroxylation is 1. The number of anilines is 1. The van der Waals surface area contributed by atoms with Crippen molar-refractivity contribution in [1.82, 2.24) is 0 Å². The minimum absolute atomic E-state index is 0.183. The summed E-state index contributed by atoms with van der Waals surface area (Å²) in [4.78, 5) is 14.7. The Morgan fingerprint density at radius 1 is 1.12 bits per heavy atom. The number of hydrogen-bond acceptors (Lipinski definition) is 3. The number of sulfone groups is 1. The van der Waals surface area contributed by atoms with E-state index in [0.717, 1.165) is 15.7 Å². The number of nitrogens with zero attached hydrogens (tertiary/aromatic N) is 1. The van der Waals surface area contributed by atoms with Crippen LogP contribution in [0.1, 0.15) is 19.4 Å². The lowest BCUT2D eigenvalue weighted by Crippen LogP contribution is -2.38. The van der Waals surface area contributed by atoms with Crippen LogP contribution in [0, 0.1) is 12.8 Å². The third-order valence-electron chi connectivity index (χ3n) is 4.05. The van der Waals surface area contributed by atoms with Crippen LogP contribution in [0.4, 0.5) is 5.69 Å². The van der Waals surface area contributed by atoms with Gasteiger partial charge in [0.25, 0.3) is 0 Å². The molecule has 0 saturated carbocycles. The van der Waals surface area contributed by atoms with E-state index in [0.29, 0.717) is 6.54 Å². The number of carbonyl (C=O) groups excluding carboxylic acids is 1. The van der Waals surface area contributed by atoms with Crippen molar-refractivity contribution >= 4 is 37.4 Å². The van der Waals surface area contributed by atoms with E-state index >= 15 is 0 Å². The van der Waals surface area contributed by atoms with Crippen molar-refractivity contribution in [2.24, 2.45) is 5.92 Å². The van der Waals surface area contributed by atoms with Crippen molar-refractivity contribution < 1.29 is 13.2 Å². The van der Waals surface area contributed by atoms with E-state index < -0.39 is 15.8 Å². The van der Waals surface area contributed by atoms with Gasteiger partial charge in [0.2, 0.25) is 5.91 Å². The Labute approximate surface area is 157 Å². The molecule has 0 aromatic heterocycles. The predicted molar refractivity (Wildman–Crippen MR) is 105 cm³/mol. The van der Waals surface area contributed by atoms with Crippen molar-refractivity contribution in [1.29, 1.82) is 0 Å². The highest BCUT2D eigenvalue weighted by molar-refractivity contribution is 9.10. The minimum atomic E-state index is -3.52. The first-order chi connectivity index (χ1) is 11.8. The summed E-state index contributed by atoms with van der Waals surface area (Å²) in [5, 5.41) is 0. The molecule has 0 radical (unpaired) electrons. The van der Waals surface area contributed by atoms with Crippen molar-refractivity contribution in [3.05, 3.63) is 58.6 Å². The normalized spacial score (nSPS) is 12.6. The van der Waals surface area contributed by atoms with Gasteiger partial charge in [0.05, 0.1) is 10.6 Å². The van der Waals surface area contributed by atoms with Gasteiger partial charge in [-0.25, -0.2) is 8.42 Å². The maximum absolute atomic E-state index is 12.8. The number of hydrogen-bond donors (Lipinski definition) is 0. The Kier molecular flexibility index (Phi) is 6.41. The van der Waals surface area contributed by atoms with Crippen molar-refractivity contribution in [2.45, 2.75) is 25.7 Å². The summed E-state index contributed by atoms with van der Waals surface area (Å²) in [5.41, 5.74) is 1.81. The molecule has 0 spiro atoms. The molecule has 0 heterocycles. The molecule has 1 amide bonds. The highest BCUT2D eigenvalue weighted by Gasteiger charge is 2.27. The van der Waals surface area contributed by atoms with Crippen LogP contribution in [0.5, 0.6) is 0 Å². The van der Waals surface area contributed by atoms with E-state index in [4.69, 9.17) is 0 Å². The van der Waals surface area contributed by atoms with Crippen molar-refractivity contribution in [3.8, 4) is 0 Å². The minimum Gasteiger partial charge on any atom is -0.312 e. The highest BCUT2D eigenvalue weighted by Crippen LogP contribution is 2.23. The summed E-state index contributed by atoms with van der Waals surface area (Å²) in [7, 11) is -3.52. The van der Waals surface area contributed by atoms with Gasteiger partial charge in [0.15, 0.2) is 9.84 Å². The largest absolute Gasteiger partial charge is 0.312 e. The van der Waals surface area contributed by atoms with E-state index in [1.54, 1.807) is 36.1 Å². The lowest BCUT2D eigenvalue weighted by Gasteiger charge is -2.26. The second-order valence-corrected chi connectivity index (χ2v) is 8.96. The molecular formula is C19H22BrNO3S. The molecule has 0 unspecified atom stereocenters. The van der Waals surface area contributed by atoms with Crippen molar-refractivity contribution in [3.63, 3.8) is 0 Å². The van der Waals surface area contributed by atoms with E-state index in [2.05, 4.69) is 15.9 Å². The number of rotatable bonds is 6. The lowest BCUT2D eigenvalue weighted by atomic mass is 10.1. The number of para-hydroxylation sites is 1. The Balaban J connectivity index is 2.21. The Hall–Kier alpha value is -1.66. The molecule has 0 aliphatic heterocycles. The van der Waals surface area contributed by atoms with Gasteiger partial charge in [-0.05, 0) is 49.7 Å². The van der Waals surface area contributed by atoms with Crippen LogP contribution in [-0.4, -0.2) is 26.6 Å². The van der Waals surface area contributed by atoms with Gasteiger partial charge in [-0.3, -0.25) is 4.79 Å². The van der Waals surface area contributed by atoms with E-state index in [1.807, 2.05) is 38.1 Å². The molecule has 1 atom stereocenters. The molecule has 25 heavy (non-hydrogen) atoms. The van der Waals surface area contributed by atoms with Gasteiger partial charge in [-0.1, -0.05) is 41.1 Å². The second kappa shape index (κ2) is 8.15. The maximum atomic E-state index is 12.8. The molecule has 4 nitrogen and oxygen atoms in total. The molecule has 6 heteroatoms. The molecule has 0 fully saturated rings. The van der Waals surface area contributed by atoms with Gasteiger partial charge < -0.3 is 4.90 Å². The summed E-state index contributed by atoms with van der Waals surface area (Å²) in [6.45, 7) is 5.99. The molecule has 0 aliphatic carbocycles. The predicted octanol–water partition coefficient (Wildman–Crippen LogP) is 4.22. The first-order valence-corrected chi connectivity index (χ1v) is 10.6. The lowest BCUT2D eigenvalue weighted by molar-refractivity contribution is -0.121. The third kappa shape index (κ3) is 4.70. The zero-order valence-corrected chi connectivity index (χ0v) is 17.0. The molecule has 0 aliphatic rings. The van der Waals surface area contributed by atoms with Gasteiger partial charge in [-0.15, -0.1) is 0 Å². The Morgan fingerprint density at radius 2 is 1.72 bits per heavy atom. The average Bonchev–Trinajstić information content (AvgIpc) is 2.57. The van der Waals surface area contributed by atoms with E-state index in [1.165, 1.54) is 0 Å². The molecule has 2 aromatic carbocycles. The second-order valence-electron chi connectivity index (χ2n) is 6.01. The quantitative estimate of drug-likeness (QED) is 0.698. The summed E-state index contributed by atoms with van der Waals surface area (Å²) in [6, 6.07) is 14.1. The Bertz CT molecular complexity index is 847. The topological polar surface area (TPSA) is 54.5 Å². The molecule has 2 rings (SSSR count). The fraction of sp³-hybridized carbons (Fsp3) is 0.316. The summed E-state index contributed by atoms with van der Waals surface area (Å²) in [5.74, 6) is -1.03. The van der Waals surface area contributed by atoms with Crippen LogP contribution >= 0.6 is 15.9 Å². The summed E-state index contributed by atoms with van der Waals surface area (Å²) < 4.78 is 26.0. The molecule has 0 bridgehead atoms. The number of halogens is 1. The Morgan fingerprint density at radius 3 is 2.28 bits per heavy atom. The SMILES string of the molecule is CCN(C(=O)[C@@H](C)CS(=O)(=O)c1ccc(Br)cc1)c1ccccc1C. The number of benzene rings is 2. The zero-order valence-electron chi connectivity index (χ0n) is 14.6. The average molecular weight is 424 g/mol. The van der Waals surface area contributed by atoms with Crippen LogP contribution in [-0.2, 0) is 14.6 Å². The van der Waals surface area contributed by atoms with Gasteiger partial charge in [0.1, 0.15) is 0 Å². The monoisotopic (exact) mass is 423 g/mol. The van der Waals surface area contributed by atoms with Gasteiger partial charge in [0, 0.05) is 22.6 Å².